The highest BCUT2D eigenvalue weighted by molar-refractivity contribution is 7.13. The van der Waals surface area contributed by atoms with Gasteiger partial charge in [0.15, 0.2) is 5.65 Å². The molecule has 1 N–H and O–H groups in total. The first-order valence-corrected chi connectivity index (χ1v) is 8.39. The van der Waals surface area contributed by atoms with Crippen molar-refractivity contribution in [3.05, 3.63) is 35.3 Å². The maximum Gasteiger partial charge on any atom is 0.231 e. The molecule has 0 radical (unpaired) electrons. The Morgan fingerprint density at radius 3 is 3.05 bits per heavy atom. The molecule has 0 bridgehead atoms. The lowest BCUT2D eigenvalue weighted by Gasteiger charge is -2.06. The first kappa shape index (κ1) is 15.0. The molecule has 6 heteroatoms. The lowest BCUT2D eigenvalue weighted by atomic mass is 10.3. The first-order chi connectivity index (χ1) is 10.8. The van der Waals surface area contributed by atoms with Gasteiger partial charge in [0.05, 0.1) is 17.7 Å². The number of hydrogen-bond acceptors (Lipinski definition) is 5. The minimum Gasteiger partial charge on any atom is -0.477 e. The van der Waals surface area contributed by atoms with E-state index in [1.807, 2.05) is 22.8 Å². The van der Waals surface area contributed by atoms with E-state index >= 15 is 0 Å². The van der Waals surface area contributed by atoms with Gasteiger partial charge in [-0.25, -0.2) is 9.50 Å². The van der Waals surface area contributed by atoms with Crippen LogP contribution in [0.3, 0.4) is 0 Å². The summed E-state index contributed by atoms with van der Waals surface area (Å²) in [6, 6.07) is 5.97. The molecule has 0 aromatic carbocycles. The van der Waals surface area contributed by atoms with Crippen molar-refractivity contribution in [2.24, 2.45) is 0 Å². The van der Waals surface area contributed by atoms with Gasteiger partial charge in [-0.15, -0.1) is 16.4 Å². The van der Waals surface area contributed by atoms with Gasteiger partial charge in [0.2, 0.25) is 5.88 Å². The van der Waals surface area contributed by atoms with Crippen molar-refractivity contribution >= 4 is 17.0 Å². The fourth-order valence-electron chi connectivity index (χ4n) is 2.22. The monoisotopic (exact) mass is 316 g/mol. The Morgan fingerprint density at radius 2 is 2.27 bits per heavy atom. The molecule has 3 aromatic heterocycles. The van der Waals surface area contributed by atoms with Crippen LogP contribution in [-0.4, -0.2) is 34.3 Å². The number of aromatic nitrogens is 3. The Balaban J connectivity index is 1.77. The Kier molecular flexibility index (Phi) is 4.70. The van der Waals surface area contributed by atoms with E-state index in [-0.39, 0.29) is 0 Å². The van der Waals surface area contributed by atoms with Gasteiger partial charge in [0.1, 0.15) is 5.69 Å². The van der Waals surface area contributed by atoms with Crippen LogP contribution in [-0.2, 0) is 0 Å². The summed E-state index contributed by atoms with van der Waals surface area (Å²) in [7, 11) is 0. The van der Waals surface area contributed by atoms with Gasteiger partial charge >= 0.3 is 0 Å². The van der Waals surface area contributed by atoms with Crippen molar-refractivity contribution in [1.29, 1.82) is 0 Å². The summed E-state index contributed by atoms with van der Waals surface area (Å²) in [5.74, 6) is 0.636. The number of hydrogen-bond donors (Lipinski definition) is 1. The third-order valence-corrected chi connectivity index (χ3v) is 4.39. The molecule has 116 valence electrons. The molecule has 0 saturated carbocycles. The van der Waals surface area contributed by atoms with Crippen molar-refractivity contribution in [3.8, 4) is 16.5 Å². The predicted molar refractivity (Wildman–Crippen MR) is 89.7 cm³/mol. The van der Waals surface area contributed by atoms with Crippen LogP contribution in [0.2, 0.25) is 0 Å². The van der Waals surface area contributed by atoms with Crippen LogP contribution in [0.5, 0.6) is 5.88 Å². The molecule has 0 atom stereocenters. The van der Waals surface area contributed by atoms with Crippen LogP contribution in [0.15, 0.2) is 29.8 Å². The fraction of sp³-hybridized carbons (Fsp3) is 0.375. The molecule has 0 aliphatic rings. The molecule has 0 fully saturated rings. The summed E-state index contributed by atoms with van der Waals surface area (Å²) in [6.45, 7) is 6.80. The molecule has 0 aliphatic carbocycles. The van der Waals surface area contributed by atoms with Gasteiger partial charge < -0.3 is 10.1 Å². The second-order valence-electron chi connectivity index (χ2n) is 5.13. The largest absolute Gasteiger partial charge is 0.477 e. The number of imidazole rings is 1. The summed E-state index contributed by atoms with van der Waals surface area (Å²) < 4.78 is 7.58. The van der Waals surface area contributed by atoms with Crippen molar-refractivity contribution in [1.82, 2.24) is 19.9 Å². The average Bonchev–Trinajstić information content (AvgIpc) is 3.12. The fourth-order valence-corrected chi connectivity index (χ4v) is 3.11. The van der Waals surface area contributed by atoms with Crippen LogP contribution in [0.25, 0.3) is 16.2 Å². The average molecular weight is 316 g/mol. The van der Waals surface area contributed by atoms with E-state index in [0.29, 0.717) is 12.5 Å². The Hall–Kier alpha value is -1.92. The zero-order valence-electron chi connectivity index (χ0n) is 12.9. The molecular formula is C16H20N4OS. The van der Waals surface area contributed by atoms with Crippen LogP contribution in [0.4, 0.5) is 0 Å². The summed E-state index contributed by atoms with van der Waals surface area (Å²) in [4.78, 5) is 5.58. The van der Waals surface area contributed by atoms with E-state index < -0.39 is 0 Å². The molecule has 0 aliphatic heterocycles. The van der Waals surface area contributed by atoms with Crippen molar-refractivity contribution < 1.29 is 4.74 Å². The lowest BCUT2D eigenvalue weighted by molar-refractivity contribution is 0.293. The van der Waals surface area contributed by atoms with Gasteiger partial charge in [0, 0.05) is 6.07 Å². The number of rotatable bonds is 7. The van der Waals surface area contributed by atoms with E-state index in [9.17, 15) is 0 Å². The van der Waals surface area contributed by atoms with Crippen LogP contribution in [0.1, 0.15) is 18.9 Å². The summed E-state index contributed by atoms with van der Waals surface area (Å²) >= 11 is 1.70. The molecule has 22 heavy (non-hydrogen) atoms. The highest BCUT2D eigenvalue weighted by Crippen LogP contribution is 2.27. The molecular weight excluding hydrogens is 296 g/mol. The van der Waals surface area contributed by atoms with Crippen LogP contribution < -0.4 is 10.1 Å². The first-order valence-electron chi connectivity index (χ1n) is 7.51. The maximum atomic E-state index is 5.73. The smallest absolute Gasteiger partial charge is 0.231 e. The molecule has 3 rings (SSSR count). The number of fused-ring (bicyclic) bond motifs is 1. The van der Waals surface area contributed by atoms with E-state index in [0.717, 1.165) is 30.9 Å². The van der Waals surface area contributed by atoms with Crippen LogP contribution >= 0.6 is 11.3 Å². The number of thiophene rings is 1. The normalized spacial score (nSPS) is 11.2. The zero-order chi connectivity index (χ0) is 15.4. The standard InChI is InChI=1S/C16H20N4OS/c1-3-17-7-4-8-21-16-6-5-15-18-10-13(20(15)19-16)14-9-12(2)11-22-14/h5-6,9-11,17H,3-4,7-8H2,1-2H3. The molecule has 0 saturated heterocycles. The van der Waals surface area contributed by atoms with Gasteiger partial charge in [-0.05, 0) is 49.5 Å². The Bertz CT molecular complexity index is 750. The van der Waals surface area contributed by atoms with Gasteiger partial charge in [-0.2, -0.15) is 0 Å². The van der Waals surface area contributed by atoms with E-state index in [2.05, 4.69) is 40.7 Å². The van der Waals surface area contributed by atoms with E-state index in [4.69, 9.17) is 4.74 Å². The maximum absolute atomic E-state index is 5.73. The lowest BCUT2D eigenvalue weighted by Crippen LogP contribution is -2.16. The van der Waals surface area contributed by atoms with Crippen molar-refractivity contribution in [3.63, 3.8) is 0 Å². The van der Waals surface area contributed by atoms with Gasteiger partial charge in [-0.3, -0.25) is 0 Å². The molecule has 3 aromatic rings. The molecule has 0 amide bonds. The van der Waals surface area contributed by atoms with Crippen LogP contribution in [0, 0.1) is 6.92 Å². The highest BCUT2D eigenvalue weighted by atomic mass is 32.1. The second kappa shape index (κ2) is 6.89. The predicted octanol–water partition coefficient (Wildman–Crippen LogP) is 3.14. The third kappa shape index (κ3) is 3.28. The Labute approximate surface area is 134 Å². The summed E-state index contributed by atoms with van der Waals surface area (Å²) in [5.41, 5.74) is 3.10. The summed E-state index contributed by atoms with van der Waals surface area (Å²) in [5, 5.41) is 9.97. The number of aryl methyl sites for hydroxylation is 1. The Morgan fingerprint density at radius 1 is 1.36 bits per heavy atom. The number of nitrogens with one attached hydrogen (secondary N) is 1. The van der Waals surface area contributed by atoms with Gasteiger partial charge in [-0.1, -0.05) is 6.92 Å². The highest BCUT2D eigenvalue weighted by Gasteiger charge is 2.10. The SMILES string of the molecule is CCNCCCOc1ccc2ncc(-c3cc(C)cs3)n2n1. The van der Waals surface area contributed by atoms with Crippen molar-refractivity contribution in [2.45, 2.75) is 20.3 Å². The summed E-state index contributed by atoms with van der Waals surface area (Å²) in [6.07, 6.45) is 2.83. The molecule has 0 unspecified atom stereocenters. The zero-order valence-corrected chi connectivity index (χ0v) is 13.7. The minimum absolute atomic E-state index is 0.636. The number of nitrogens with zero attached hydrogens (tertiary/aromatic N) is 3. The van der Waals surface area contributed by atoms with Crippen molar-refractivity contribution in [2.75, 3.05) is 19.7 Å². The molecule has 5 nitrogen and oxygen atoms in total. The minimum atomic E-state index is 0.636. The van der Waals surface area contributed by atoms with E-state index in [1.165, 1.54) is 10.4 Å². The molecule has 3 heterocycles. The third-order valence-electron chi connectivity index (χ3n) is 3.32. The topological polar surface area (TPSA) is 51.5 Å². The quantitative estimate of drug-likeness (QED) is 0.680. The second-order valence-corrected chi connectivity index (χ2v) is 6.04. The van der Waals surface area contributed by atoms with Gasteiger partial charge in [0.25, 0.3) is 0 Å². The van der Waals surface area contributed by atoms with E-state index in [1.54, 1.807) is 11.3 Å². The molecule has 0 spiro atoms. The number of ether oxygens (including phenoxy) is 1.